The highest BCUT2D eigenvalue weighted by atomic mass is 19.1. The van der Waals surface area contributed by atoms with Gasteiger partial charge in [-0.25, -0.2) is 4.39 Å². The summed E-state index contributed by atoms with van der Waals surface area (Å²) in [6, 6.07) is 20.4. The highest BCUT2D eigenvalue weighted by Gasteiger charge is 2.52. The fourth-order valence-corrected chi connectivity index (χ4v) is 3.12. The van der Waals surface area contributed by atoms with E-state index in [9.17, 15) is 4.39 Å². The van der Waals surface area contributed by atoms with Crippen molar-refractivity contribution in [3.05, 3.63) is 83.6 Å². The molecule has 0 bridgehead atoms. The minimum Gasteiger partial charge on any atom is -0.398 e. The molecule has 136 valence electrons. The summed E-state index contributed by atoms with van der Waals surface area (Å²) in [5.41, 5.74) is 0.885. The maximum atomic E-state index is 14.8. The number of allylic oxidation sites excluding steroid dienone is 1. The van der Waals surface area contributed by atoms with Crippen LogP contribution in [0, 0.1) is 0 Å². The molecule has 2 aromatic carbocycles. The van der Waals surface area contributed by atoms with Gasteiger partial charge in [-0.1, -0.05) is 66.7 Å². The van der Waals surface area contributed by atoms with Gasteiger partial charge in [-0.3, -0.25) is 0 Å². The summed E-state index contributed by atoms with van der Waals surface area (Å²) in [5.74, 6) is 0.0885. The molecule has 0 aliphatic carbocycles. The fraction of sp³-hybridized carbons (Fsp3) is 0.364. The van der Waals surface area contributed by atoms with Crippen molar-refractivity contribution < 1.29 is 13.7 Å². The van der Waals surface area contributed by atoms with Crippen molar-refractivity contribution in [3.63, 3.8) is 0 Å². The first-order valence-electron chi connectivity index (χ1n) is 9.11. The third-order valence-corrected chi connectivity index (χ3v) is 5.43. The molecule has 26 heavy (non-hydrogen) atoms. The predicted octanol–water partition coefficient (Wildman–Crippen LogP) is 5.69. The van der Waals surface area contributed by atoms with Crippen molar-refractivity contribution in [2.45, 2.75) is 51.2 Å². The largest absolute Gasteiger partial charge is 0.524 e. The molecule has 2 aromatic rings. The van der Waals surface area contributed by atoms with E-state index in [-0.39, 0.29) is 11.6 Å². The van der Waals surface area contributed by atoms with Crippen LogP contribution in [0.4, 0.5) is 4.39 Å². The molecule has 1 fully saturated rings. The van der Waals surface area contributed by atoms with E-state index < -0.39 is 18.3 Å². The molecule has 1 saturated heterocycles. The molecule has 0 N–H and O–H groups in total. The first kappa shape index (κ1) is 18.9. The second kappa shape index (κ2) is 7.38. The van der Waals surface area contributed by atoms with Crippen molar-refractivity contribution in [3.8, 4) is 0 Å². The first-order chi connectivity index (χ1) is 12.3. The average Bonchev–Trinajstić information content (AvgIpc) is 2.84. The third kappa shape index (κ3) is 3.92. The summed E-state index contributed by atoms with van der Waals surface area (Å²) in [4.78, 5) is 0. The number of rotatable bonds is 5. The Morgan fingerprint density at radius 3 is 1.73 bits per heavy atom. The van der Waals surface area contributed by atoms with E-state index in [0.29, 0.717) is 6.42 Å². The Labute approximate surface area is 156 Å². The smallest absolute Gasteiger partial charge is 0.398 e. The molecule has 1 aliphatic heterocycles. The molecule has 1 heterocycles. The Kier molecular flexibility index (Phi) is 5.35. The Morgan fingerprint density at radius 1 is 0.885 bits per heavy atom. The van der Waals surface area contributed by atoms with Gasteiger partial charge in [-0.2, -0.15) is 0 Å². The van der Waals surface area contributed by atoms with Crippen LogP contribution >= 0.6 is 0 Å². The van der Waals surface area contributed by atoms with Crippen LogP contribution in [0.2, 0.25) is 0 Å². The number of hydrogen-bond acceptors (Lipinski definition) is 2. The van der Waals surface area contributed by atoms with Crippen molar-refractivity contribution >= 4 is 7.12 Å². The number of hydrogen-bond donors (Lipinski definition) is 0. The van der Waals surface area contributed by atoms with Gasteiger partial charge in [0.25, 0.3) is 0 Å². The van der Waals surface area contributed by atoms with Crippen LogP contribution in [-0.2, 0) is 9.31 Å². The average molecular weight is 352 g/mol. The molecule has 0 radical (unpaired) electrons. The molecule has 0 amide bonds. The van der Waals surface area contributed by atoms with Crippen molar-refractivity contribution in [2.75, 3.05) is 0 Å². The zero-order valence-electron chi connectivity index (χ0n) is 15.9. The summed E-state index contributed by atoms with van der Waals surface area (Å²) >= 11 is 0. The van der Waals surface area contributed by atoms with Gasteiger partial charge in [-0.05, 0) is 45.2 Å². The summed E-state index contributed by atoms with van der Waals surface area (Å²) in [6.45, 7) is 7.71. The van der Waals surface area contributed by atoms with Gasteiger partial charge < -0.3 is 9.31 Å². The highest BCUT2D eigenvalue weighted by molar-refractivity contribution is 6.53. The Hall–Kier alpha value is -1.91. The van der Waals surface area contributed by atoms with Gasteiger partial charge in [0.05, 0.1) is 11.2 Å². The van der Waals surface area contributed by atoms with Gasteiger partial charge in [0.2, 0.25) is 0 Å². The predicted molar refractivity (Wildman–Crippen MR) is 105 cm³/mol. The topological polar surface area (TPSA) is 18.5 Å². The number of benzene rings is 2. The van der Waals surface area contributed by atoms with Crippen molar-refractivity contribution in [1.29, 1.82) is 0 Å². The molecular formula is C22H26BFO2. The standard InChI is InChI=1S/C22H26BFO2/c1-21(2)22(3,4)26-23(25-21)20(24)16-15-19(17-11-7-5-8-12-17)18-13-9-6-10-14-18/h5-14,16,19H,15H2,1-4H3. The Balaban J connectivity index is 1.81. The maximum absolute atomic E-state index is 14.8. The minimum atomic E-state index is -0.938. The van der Waals surface area contributed by atoms with E-state index in [1.165, 1.54) is 0 Å². The van der Waals surface area contributed by atoms with Crippen LogP contribution < -0.4 is 0 Å². The zero-order chi connectivity index (χ0) is 18.8. The van der Waals surface area contributed by atoms with Gasteiger partial charge in [0, 0.05) is 5.92 Å². The van der Waals surface area contributed by atoms with E-state index in [4.69, 9.17) is 9.31 Å². The molecular weight excluding hydrogens is 326 g/mol. The fourth-order valence-electron chi connectivity index (χ4n) is 3.12. The molecule has 0 unspecified atom stereocenters. The summed E-state index contributed by atoms with van der Waals surface area (Å²) in [7, 11) is -0.938. The van der Waals surface area contributed by atoms with Gasteiger partial charge in [0.15, 0.2) is 0 Å². The monoisotopic (exact) mass is 352 g/mol. The van der Waals surface area contributed by atoms with Crippen LogP contribution in [0.5, 0.6) is 0 Å². The first-order valence-corrected chi connectivity index (χ1v) is 9.11. The van der Waals surface area contributed by atoms with Gasteiger partial charge in [-0.15, -0.1) is 0 Å². The summed E-state index contributed by atoms with van der Waals surface area (Å²) in [6.07, 6.45) is 2.15. The van der Waals surface area contributed by atoms with E-state index in [1.807, 2.05) is 64.1 Å². The van der Waals surface area contributed by atoms with Crippen molar-refractivity contribution in [1.82, 2.24) is 0 Å². The quantitative estimate of drug-likeness (QED) is 0.643. The second-order valence-corrected chi connectivity index (χ2v) is 7.79. The third-order valence-electron chi connectivity index (χ3n) is 5.43. The highest BCUT2D eigenvalue weighted by Crippen LogP contribution is 2.39. The van der Waals surface area contributed by atoms with Crippen molar-refractivity contribution in [2.24, 2.45) is 0 Å². The molecule has 0 aromatic heterocycles. The molecule has 0 spiro atoms. The van der Waals surface area contributed by atoms with Crippen LogP contribution in [0.3, 0.4) is 0 Å². The van der Waals surface area contributed by atoms with E-state index in [2.05, 4.69) is 24.3 Å². The van der Waals surface area contributed by atoms with E-state index in [1.54, 1.807) is 6.08 Å². The molecule has 2 nitrogen and oxygen atoms in total. The Morgan fingerprint density at radius 2 is 1.31 bits per heavy atom. The summed E-state index contributed by atoms with van der Waals surface area (Å²) in [5, 5.41) is 0. The lowest BCUT2D eigenvalue weighted by Gasteiger charge is -2.32. The van der Waals surface area contributed by atoms with Crippen LogP contribution in [-0.4, -0.2) is 18.3 Å². The maximum Gasteiger partial charge on any atom is 0.524 e. The van der Waals surface area contributed by atoms with Crippen LogP contribution in [0.1, 0.15) is 51.2 Å². The summed E-state index contributed by atoms with van der Waals surface area (Å²) < 4.78 is 26.4. The van der Waals surface area contributed by atoms with Gasteiger partial charge >= 0.3 is 7.12 Å². The minimum absolute atomic E-state index is 0.0885. The van der Waals surface area contributed by atoms with E-state index in [0.717, 1.165) is 11.1 Å². The molecule has 3 rings (SSSR count). The normalized spacial score (nSPS) is 19.2. The molecule has 0 atom stereocenters. The SMILES string of the molecule is CC1(C)OB(C(F)=CCC(c2ccccc2)c2ccccc2)OC1(C)C. The zero-order valence-corrected chi connectivity index (χ0v) is 15.9. The Bertz CT molecular complexity index is 701. The number of halogens is 1. The molecule has 1 aliphatic rings. The van der Waals surface area contributed by atoms with Gasteiger partial charge in [0.1, 0.15) is 5.73 Å². The second-order valence-electron chi connectivity index (χ2n) is 7.79. The lowest BCUT2D eigenvalue weighted by atomic mass is 9.83. The molecule has 4 heteroatoms. The van der Waals surface area contributed by atoms with Crippen LogP contribution in [0.25, 0.3) is 0 Å². The lowest BCUT2D eigenvalue weighted by molar-refractivity contribution is 0.00578. The lowest BCUT2D eigenvalue weighted by Crippen LogP contribution is -2.41. The molecule has 0 saturated carbocycles. The van der Waals surface area contributed by atoms with Crippen LogP contribution in [0.15, 0.2) is 72.5 Å². The van der Waals surface area contributed by atoms with E-state index >= 15 is 0 Å².